The van der Waals surface area contributed by atoms with Gasteiger partial charge in [0, 0.05) is 37.6 Å². The molecule has 1 heterocycles. The van der Waals surface area contributed by atoms with Crippen LogP contribution in [0, 0.1) is 5.41 Å². The van der Waals surface area contributed by atoms with Crippen LogP contribution in [0.25, 0.3) is 0 Å². The van der Waals surface area contributed by atoms with Gasteiger partial charge in [-0.25, -0.2) is 4.79 Å². The Balaban J connectivity index is 1.41. The van der Waals surface area contributed by atoms with E-state index in [2.05, 4.69) is 46.7 Å². The maximum Gasteiger partial charge on any atom is 0.314 e. The Morgan fingerprint density at radius 1 is 1.30 bits per heavy atom. The first-order valence-corrected chi connectivity index (χ1v) is 8.55. The fourth-order valence-electron chi connectivity index (χ4n) is 3.16. The molecule has 1 aliphatic carbocycles. The molecular weight excluding hydrogens is 290 g/mol. The Kier molecular flexibility index (Phi) is 4.87. The van der Waals surface area contributed by atoms with Gasteiger partial charge in [-0.1, -0.05) is 24.3 Å². The third-order valence-electron chi connectivity index (χ3n) is 5.26. The normalized spacial score (nSPS) is 20.4. The number of nitrogens with zero attached hydrogens (tertiary/aromatic N) is 1. The molecule has 0 spiro atoms. The van der Waals surface area contributed by atoms with Crippen molar-refractivity contribution in [2.24, 2.45) is 5.41 Å². The Morgan fingerprint density at radius 3 is 2.74 bits per heavy atom. The quantitative estimate of drug-likeness (QED) is 0.745. The van der Waals surface area contributed by atoms with Crippen molar-refractivity contribution in [1.82, 2.24) is 15.5 Å². The minimum absolute atomic E-state index is 0.0421. The maximum atomic E-state index is 11.9. The second-order valence-electron chi connectivity index (χ2n) is 7.06. The van der Waals surface area contributed by atoms with Crippen LogP contribution < -0.4 is 10.6 Å². The minimum Gasteiger partial charge on any atom is -0.396 e. The number of hydrogen-bond donors (Lipinski definition) is 3. The number of carbonyl (C=O) groups excluding carboxylic acids is 1. The zero-order chi connectivity index (χ0) is 16.3. The summed E-state index contributed by atoms with van der Waals surface area (Å²) in [6, 6.07) is 8.77. The second-order valence-corrected chi connectivity index (χ2v) is 7.06. The van der Waals surface area contributed by atoms with E-state index in [1.807, 2.05) is 0 Å². The number of amides is 2. The summed E-state index contributed by atoms with van der Waals surface area (Å²) in [5.74, 6) is 0. The summed E-state index contributed by atoms with van der Waals surface area (Å²) in [4.78, 5) is 14.3. The lowest BCUT2D eigenvalue weighted by atomic mass is 9.99. The minimum atomic E-state index is -0.131. The first-order chi connectivity index (χ1) is 11.1. The van der Waals surface area contributed by atoms with E-state index in [9.17, 15) is 9.90 Å². The molecule has 126 valence electrons. The lowest BCUT2D eigenvalue weighted by Gasteiger charge is -2.33. The van der Waals surface area contributed by atoms with E-state index in [-0.39, 0.29) is 18.1 Å². The van der Waals surface area contributed by atoms with E-state index in [1.165, 1.54) is 11.1 Å². The molecule has 23 heavy (non-hydrogen) atoms. The molecule has 0 radical (unpaired) electrons. The zero-order valence-electron chi connectivity index (χ0n) is 13.8. The van der Waals surface area contributed by atoms with E-state index >= 15 is 0 Å². The molecule has 2 aliphatic rings. The number of fused-ring (bicyclic) bond motifs is 1. The van der Waals surface area contributed by atoms with Gasteiger partial charge in [0.05, 0.1) is 6.61 Å². The standard InChI is InChI=1S/C18H27N3O2/c1-14(10-19-17(23)20-12-18(13-22)7-8-18)21-9-6-15-4-2-3-5-16(15)11-21/h2-5,14,22H,6-13H2,1H3,(H2,19,20,23). The Hall–Kier alpha value is -1.59. The molecule has 1 saturated carbocycles. The Morgan fingerprint density at radius 2 is 2.04 bits per heavy atom. The van der Waals surface area contributed by atoms with Gasteiger partial charge < -0.3 is 15.7 Å². The second kappa shape index (κ2) is 6.89. The highest BCUT2D eigenvalue weighted by Crippen LogP contribution is 2.44. The number of benzene rings is 1. The van der Waals surface area contributed by atoms with Crippen LogP contribution in [0.4, 0.5) is 4.79 Å². The predicted octanol–water partition coefficient (Wildman–Crippen LogP) is 1.50. The first-order valence-electron chi connectivity index (χ1n) is 8.55. The van der Waals surface area contributed by atoms with Gasteiger partial charge in [-0.05, 0) is 37.3 Å². The SMILES string of the molecule is CC(CNC(=O)NCC1(CO)CC1)N1CCc2ccccc2C1. The smallest absolute Gasteiger partial charge is 0.314 e. The van der Waals surface area contributed by atoms with Gasteiger partial charge in [-0.3, -0.25) is 4.90 Å². The van der Waals surface area contributed by atoms with Crippen LogP contribution in [0.2, 0.25) is 0 Å². The van der Waals surface area contributed by atoms with E-state index < -0.39 is 0 Å². The van der Waals surface area contributed by atoms with Gasteiger partial charge >= 0.3 is 6.03 Å². The summed E-state index contributed by atoms with van der Waals surface area (Å²) >= 11 is 0. The van der Waals surface area contributed by atoms with Crippen molar-refractivity contribution in [1.29, 1.82) is 0 Å². The number of rotatable bonds is 6. The number of aliphatic hydroxyl groups excluding tert-OH is 1. The molecule has 1 aromatic rings. The molecule has 0 aromatic heterocycles. The molecule has 3 N–H and O–H groups in total. The monoisotopic (exact) mass is 317 g/mol. The summed E-state index contributed by atoms with van der Waals surface area (Å²) in [6.45, 7) is 5.52. The van der Waals surface area contributed by atoms with Crippen LogP contribution in [0.3, 0.4) is 0 Å². The van der Waals surface area contributed by atoms with Crippen molar-refractivity contribution < 1.29 is 9.90 Å². The topological polar surface area (TPSA) is 64.6 Å². The van der Waals surface area contributed by atoms with Crippen LogP contribution in [0.1, 0.15) is 30.9 Å². The first kappa shape index (κ1) is 16.3. The van der Waals surface area contributed by atoms with Crippen molar-refractivity contribution in [3.63, 3.8) is 0 Å². The van der Waals surface area contributed by atoms with Crippen LogP contribution >= 0.6 is 0 Å². The largest absolute Gasteiger partial charge is 0.396 e. The predicted molar refractivity (Wildman–Crippen MR) is 90.2 cm³/mol. The molecule has 1 unspecified atom stereocenters. The highest BCUT2D eigenvalue weighted by molar-refractivity contribution is 5.73. The molecule has 0 saturated heterocycles. The molecule has 5 nitrogen and oxygen atoms in total. The van der Waals surface area contributed by atoms with Crippen molar-refractivity contribution in [3.8, 4) is 0 Å². The number of nitrogens with one attached hydrogen (secondary N) is 2. The Labute approximate surface area is 138 Å². The van der Waals surface area contributed by atoms with Gasteiger partial charge in [0.2, 0.25) is 0 Å². The van der Waals surface area contributed by atoms with Gasteiger partial charge in [0.25, 0.3) is 0 Å². The molecule has 1 aliphatic heterocycles. The molecule has 1 aromatic carbocycles. The van der Waals surface area contributed by atoms with Crippen molar-refractivity contribution in [2.45, 2.75) is 38.8 Å². The molecule has 3 rings (SSSR count). The van der Waals surface area contributed by atoms with Crippen molar-refractivity contribution >= 4 is 6.03 Å². The number of urea groups is 1. The highest BCUT2D eigenvalue weighted by atomic mass is 16.3. The van der Waals surface area contributed by atoms with Crippen LogP contribution in [0.5, 0.6) is 0 Å². The van der Waals surface area contributed by atoms with Gasteiger partial charge in [0.15, 0.2) is 0 Å². The van der Waals surface area contributed by atoms with E-state index in [0.717, 1.165) is 32.4 Å². The van der Waals surface area contributed by atoms with Gasteiger partial charge in [-0.2, -0.15) is 0 Å². The van der Waals surface area contributed by atoms with E-state index in [4.69, 9.17) is 0 Å². The Bertz CT molecular complexity index is 557. The average molecular weight is 317 g/mol. The molecule has 2 amide bonds. The lowest BCUT2D eigenvalue weighted by Crippen LogP contribution is -2.47. The summed E-state index contributed by atoms with van der Waals surface area (Å²) in [6.07, 6.45) is 3.09. The van der Waals surface area contributed by atoms with Crippen LogP contribution in [0.15, 0.2) is 24.3 Å². The average Bonchev–Trinajstić information content (AvgIpc) is 3.38. The van der Waals surface area contributed by atoms with Crippen LogP contribution in [-0.4, -0.2) is 48.3 Å². The lowest BCUT2D eigenvalue weighted by molar-refractivity contribution is 0.182. The third kappa shape index (κ3) is 4.03. The molecule has 1 fully saturated rings. The van der Waals surface area contributed by atoms with Crippen LogP contribution in [-0.2, 0) is 13.0 Å². The van der Waals surface area contributed by atoms with E-state index in [1.54, 1.807) is 0 Å². The fraction of sp³-hybridized carbons (Fsp3) is 0.611. The summed E-state index contributed by atoms with van der Waals surface area (Å²) in [7, 11) is 0. The van der Waals surface area contributed by atoms with Gasteiger partial charge in [0.1, 0.15) is 0 Å². The number of carbonyl (C=O) groups is 1. The summed E-state index contributed by atoms with van der Waals surface area (Å²) in [5.41, 5.74) is 2.80. The van der Waals surface area contributed by atoms with Crippen molar-refractivity contribution in [2.75, 3.05) is 26.2 Å². The van der Waals surface area contributed by atoms with Crippen molar-refractivity contribution in [3.05, 3.63) is 35.4 Å². The number of hydrogen-bond acceptors (Lipinski definition) is 3. The molecule has 0 bridgehead atoms. The molecular formula is C18H27N3O2. The highest BCUT2D eigenvalue weighted by Gasteiger charge is 2.42. The number of aliphatic hydroxyl groups is 1. The molecule has 5 heteroatoms. The zero-order valence-corrected chi connectivity index (χ0v) is 13.8. The molecule has 1 atom stereocenters. The third-order valence-corrected chi connectivity index (χ3v) is 5.26. The summed E-state index contributed by atoms with van der Waals surface area (Å²) < 4.78 is 0. The summed E-state index contributed by atoms with van der Waals surface area (Å²) in [5, 5.41) is 15.1. The van der Waals surface area contributed by atoms with E-state index in [0.29, 0.717) is 19.1 Å². The van der Waals surface area contributed by atoms with Gasteiger partial charge in [-0.15, -0.1) is 0 Å². The maximum absolute atomic E-state index is 11.9. The fourth-order valence-corrected chi connectivity index (χ4v) is 3.16.